The monoisotopic (exact) mass is 424 g/mol. The molecule has 1 N–H and O–H groups in total. The molecule has 4 aromatic rings. The Morgan fingerprint density at radius 2 is 1.84 bits per heavy atom. The second kappa shape index (κ2) is 9.14. The molecule has 0 saturated carbocycles. The topological polar surface area (TPSA) is 81.4 Å². The zero-order chi connectivity index (χ0) is 22.5. The Morgan fingerprint density at radius 1 is 1.03 bits per heavy atom. The van der Waals surface area contributed by atoms with Crippen molar-refractivity contribution in [2.24, 2.45) is 0 Å². The smallest absolute Gasteiger partial charge is 0.335 e. The van der Waals surface area contributed by atoms with Gasteiger partial charge in [0.2, 0.25) is 0 Å². The van der Waals surface area contributed by atoms with Gasteiger partial charge in [-0.25, -0.2) is 9.78 Å². The maximum atomic E-state index is 13.5. The summed E-state index contributed by atoms with van der Waals surface area (Å²) in [5, 5.41) is 9.76. The van der Waals surface area contributed by atoms with E-state index in [1.807, 2.05) is 36.4 Å². The first-order valence-electron chi connectivity index (χ1n) is 9.94. The number of hydrogen-bond donors (Lipinski definition) is 1. The Bertz CT molecular complexity index is 1390. The molecule has 0 radical (unpaired) electrons. The summed E-state index contributed by atoms with van der Waals surface area (Å²) in [6.45, 7) is 3.94. The van der Waals surface area contributed by atoms with Gasteiger partial charge in [0.15, 0.2) is 0 Å². The molecule has 0 atom stereocenters. The van der Waals surface area contributed by atoms with Crippen molar-refractivity contribution in [1.29, 1.82) is 0 Å². The lowest BCUT2D eigenvalue weighted by Gasteiger charge is -2.13. The summed E-state index contributed by atoms with van der Waals surface area (Å²) in [6.07, 6.45) is 5.22. The van der Waals surface area contributed by atoms with E-state index in [-0.39, 0.29) is 11.1 Å². The maximum Gasteiger partial charge on any atom is 0.335 e. The minimum Gasteiger partial charge on any atom is -0.490 e. The summed E-state index contributed by atoms with van der Waals surface area (Å²) in [5.74, 6) is -0.168. The van der Waals surface area contributed by atoms with Crippen molar-refractivity contribution in [3.8, 4) is 11.4 Å². The minimum absolute atomic E-state index is 0.0792. The third-order valence-electron chi connectivity index (χ3n) is 4.81. The van der Waals surface area contributed by atoms with Gasteiger partial charge in [-0.05, 0) is 48.0 Å². The lowest BCUT2D eigenvalue weighted by molar-refractivity contribution is 0.0697. The highest BCUT2D eigenvalue weighted by molar-refractivity contribution is 5.88. The van der Waals surface area contributed by atoms with Gasteiger partial charge in [-0.15, -0.1) is 0 Å². The van der Waals surface area contributed by atoms with Gasteiger partial charge >= 0.3 is 5.97 Å². The van der Waals surface area contributed by atoms with Crippen LogP contribution in [0.1, 0.15) is 21.7 Å². The summed E-state index contributed by atoms with van der Waals surface area (Å²) in [7, 11) is 0. The van der Waals surface area contributed by atoms with Crippen LogP contribution in [0, 0.1) is 0 Å². The third kappa shape index (κ3) is 4.34. The second-order valence-corrected chi connectivity index (χ2v) is 6.99. The first-order chi connectivity index (χ1) is 15.6. The van der Waals surface area contributed by atoms with Crippen LogP contribution in [-0.4, -0.2) is 27.2 Å². The molecule has 0 aliphatic heterocycles. The van der Waals surface area contributed by atoms with E-state index in [2.05, 4.69) is 11.6 Å². The molecule has 3 aromatic carbocycles. The fraction of sp³-hybridized carbons (Fsp3) is 0.0385. The average molecular weight is 424 g/mol. The quantitative estimate of drug-likeness (QED) is 0.430. The van der Waals surface area contributed by atoms with E-state index in [4.69, 9.17) is 4.74 Å². The summed E-state index contributed by atoms with van der Waals surface area (Å²) < 4.78 is 6.97. The van der Waals surface area contributed by atoms with Gasteiger partial charge in [-0.2, -0.15) is 0 Å². The van der Waals surface area contributed by atoms with Crippen molar-refractivity contribution in [3.63, 3.8) is 0 Å². The Hall–Kier alpha value is -4.45. The first-order valence-corrected chi connectivity index (χ1v) is 9.94. The van der Waals surface area contributed by atoms with E-state index < -0.39 is 5.97 Å². The van der Waals surface area contributed by atoms with Crippen LogP contribution in [0.3, 0.4) is 0 Å². The molecule has 1 heterocycles. The van der Waals surface area contributed by atoms with E-state index in [9.17, 15) is 14.7 Å². The highest BCUT2D eigenvalue weighted by Crippen LogP contribution is 2.20. The third-order valence-corrected chi connectivity index (χ3v) is 4.81. The van der Waals surface area contributed by atoms with E-state index in [0.717, 1.165) is 5.56 Å². The van der Waals surface area contributed by atoms with E-state index in [1.54, 1.807) is 42.5 Å². The zero-order valence-corrected chi connectivity index (χ0v) is 17.1. The van der Waals surface area contributed by atoms with Crippen LogP contribution in [-0.2, 0) is 0 Å². The normalized spacial score (nSPS) is 11.0. The number of carboxylic acids is 1. The predicted octanol–water partition coefficient (Wildman–Crippen LogP) is 4.82. The van der Waals surface area contributed by atoms with Crippen LogP contribution < -0.4 is 10.3 Å². The van der Waals surface area contributed by atoms with Crippen molar-refractivity contribution in [2.45, 2.75) is 0 Å². The number of carbonyl (C=O) groups is 1. The van der Waals surface area contributed by atoms with E-state index >= 15 is 0 Å². The van der Waals surface area contributed by atoms with E-state index in [0.29, 0.717) is 34.8 Å². The highest BCUT2D eigenvalue weighted by Gasteiger charge is 2.14. The summed E-state index contributed by atoms with van der Waals surface area (Å²) >= 11 is 0. The molecule has 32 heavy (non-hydrogen) atoms. The van der Waals surface area contributed by atoms with Gasteiger partial charge in [-0.3, -0.25) is 9.36 Å². The minimum atomic E-state index is -1.07. The van der Waals surface area contributed by atoms with E-state index in [1.165, 1.54) is 16.7 Å². The molecule has 4 rings (SSSR count). The average Bonchev–Trinajstić information content (AvgIpc) is 2.82. The molecule has 0 aliphatic rings. The standard InChI is InChI=1S/C26H20N2O4/c1-2-15-32-21-12-13-23-22(17-21)25(29)28(20-10-6-9-19(16-20)26(30)31)24(27-23)14-11-18-7-4-3-5-8-18/h2-14,16-17H,1,15H2,(H,30,31). The van der Waals surface area contributed by atoms with Crippen LogP contribution in [0.25, 0.3) is 28.7 Å². The number of rotatable bonds is 7. The molecule has 0 spiro atoms. The molecule has 0 aliphatic carbocycles. The lowest BCUT2D eigenvalue weighted by atomic mass is 10.1. The number of carboxylic acid groups (broad SMARTS) is 1. The summed E-state index contributed by atoms with van der Waals surface area (Å²) in [5.41, 5.74) is 1.62. The molecule has 6 nitrogen and oxygen atoms in total. The number of hydrogen-bond acceptors (Lipinski definition) is 4. The fourth-order valence-corrected chi connectivity index (χ4v) is 3.30. The molecule has 0 bridgehead atoms. The van der Waals surface area contributed by atoms with Crippen LogP contribution in [0.5, 0.6) is 5.75 Å². The number of aromatic carboxylic acids is 1. The van der Waals surface area contributed by atoms with Gasteiger partial charge in [0.1, 0.15) is 18.2 Å². The first kappa shape index (κ1) is 20.8. The molecule has 1 aromatic heterocycles. The molecule has 0 saturated heterocycles. The Balaban J connectivity index is 1.94. The van der Waals surface area contributed by atoms with Crippen molar-refractivity contribution < 1.29 is 14.6 Å². The Morgan fingerprint density at radius 3 is 2.59 bits per heavy atom. The number of nitrogens with zero attached hydrogens (tertiary/aromatic N) is 2. The molecular formula is C26H20N2O4. The van der Waals surface area contributed by atoms with Gasteiger partial charge < -0.3 is 9.84 Å². The van der Waals surface area contributed by atoms with Gasteiger partial charge in [0.25, 0.3) is 5.56 Å². The molecule has 0 amide bonds. The SMILES string of the molecule is C=CCOc1ccc2nc(C=Cc3ccccc3)n(-c3cccc(C(=O)O)c3)c(=O)c2c1. The van der Waals surface area contributed by atoms with Gasteiger partial charge in [0, 0.05) is 0 Å². The molecular weight excluding hydrogens is 404 g/mol. The van der Waals surface area contributed by atoms with Crippen LogP contribution in [0.2, 0.25) is 0 Å². The summed E-state index contributed by atoms with van der Waals surface area (Å²) in [6, 6.07) is 21.0. The molecule has 0 unspecified atom stereocenters. The fourth-order valence-electron chi connectivity index (χ4n) is 3.30. The van der Waals surface area contributed by atoms with Crippen molar-refractivity contribution in [3.05, 3.63) is 113 Å². The molecule has 6 heteroatoms. The number of ether oxygens (including phenoxy) is 1. The number of benzene rings is 3. The van der Waals surface area contributed by atoms with Crippen LogP contribution >= 0.6 is 0 Å². The predicted molar refractivity (Wildman–Crippen MR) is 125 cm³/mol. The zero-order valence-electron chi connectivity index (χ0n) is 17.1. The van der Waals surface area contributed by atoms with Crippen molar-refractivity contribution in [2.75, 3.05) is 6.61 Å². The van der Waals surface area contributed by atoms with Crippen LogP contribution in [0.4, 0.5) is 0 Å². The second-order valence-electron chi connectivity index (χ2n) is 6.99. The lowest BCUT2D eigenvalue weighted by Crippen LogP contribution is -2.22. The van der Waals surface area contributed by atoms with Crippen molar-refractivity contribution >= 4 is 29.0 Å². The largest absolute Gasteiger partial charge is 0.490 e. The number of aromatic nitrogens is 2. The molecule has 0 fully saturated rings. The van der Waals surface area contributed by atoms with Gasteiger partial charge in [0.05, 0.1) is 22.2 Å². The molecule has 158 valence electrons. The van der Waals surface area contributed by atoms with Gasteiger partial charge in [-0.1, -0.05) is 55.1 Å². The van der Waals surface area contributed by atoms with Crippen molar-refractivity contribution in [1.82, 2.24) is 9.55 Å². The Labute approximate surface area is 184 Å². The Kier molecular flexibility index (Phi) is 5.94. The van der Waals surface area contributed by atoms with Crippen LogP contribution in [0.15, 0.2) is 90.2 Å². The maximum absolute atomic E-state index is 13.5. The number of fused-ring (bicyclic) bond motifs is 1. The summed E-state index contributed by atoms with van der Waals surface area (Å²) in [4.78, 5) is 29.7. The highest BCUT2D eigenvalue weighted by atomic mass is 16.5.